The SMILES string of the molecule is O=C(O)c1ccc(Sc2ccc(F)cc2F)cc1Cl. The summed E-state index contributed by atoms with van der Waals surface area (Å²) in [6, 6.07) is 7.54. The molecule has 0 amide bonds. The number of carboxylic acids is 1. The van der Waals surface area contributed by atoms with Gasteiger partial charge in [0.2, 0.25) is 0 Å². The minimum absolute atomic E-state index is 0.0226. The summed E-state index contributed by atoms with van der Waals surface area (Å²) in [5, 5.41) is 8.90. The zero-order valence-electron chi connectivity index (χ0n) is 9.36. The van der Waals surface area contributed by atoms with E-state index in [2.05, 4.69) is 0 Å². The number of rotatable bonds is 3. The topological polar surface area (TPSA) is 37.3 Å². The molecule has 0 unspecified atom stereocenters. The van der Waals surface area contributed by atoms with Crippen LogP contribution in [0.5, 0.6) is 0 Å². The zero-order valence-corrected chi connectivity index (χ0v) is 10.9. The molecule has 0 aliphatic carbocycles. The summed E-state index contributed by atoms with van der Waals surface area (Å²) >= 11 is 6.85. The third-order valence-corrected chi connectivity index (χ3v) is 3.65. The molecule has 0 radical (unpaired) electrons. The standard InChI is InChI=1S/C13H7ClF2O2S/c14-10-6-8(2-3-9(10)13(17)18)19-12-4-1-7(15)5-11(12)16/h1-6H,(H,17,18). The van der Waals surface area contributed by atoms with E-state index in [-0.39, 0.29) is 15.5 Å². The molecule has 2 nitrogen and oxygen atoms in total. The first-order valence-corrected chi connectivity index (χ1v) is 6.32. The van der Waals surface area contributed by atoms with Crippen molar-refractivity contribution in [1.29, 1.82) is 0 Å². The molecule has 6 heteroatoms. The maximum Gasteiger partial charge on any atom is 0.337 e. The average Bonchev–Trinajstić information content (AvgIpc) is 2.32. The van der Waals surface area contributed by atoms with Gasteiger partial charge in [0, 0.05) is 15.9 Å². The van der Waals surface area contributed by atoms with Crippen LogP contribution in [0.4, 0.5) is 8.78 Å². The van der Waals surface area contributed by atoms with Crippen LogP contribution in [0.25, 0.3) is 0 Å². The van der Waals surface area contributed by atoms with Gasteiger partial charge in [-0.1, -0.05) is 23.4 Å². The van der Waals surface area contributed by atoms with Gasteiger partial charge in [0.15, 0.2) is 0 Å². The lowest BCUT2D eigenvalue weighted by atomic mass is 10.2. The second kappa shape index (κ2) is 5.59. The molecule has 0 fully saturated rings. The molecular weight excluding hydrogens is 294 g/mol. The van der Waals surface area contributed by atoms with Crippen molar-refractivity contribution < 1.29 is 18.7 Å². The summed E-state index contributed by atoms with van der Waals surface area (Å²) in [5.41, 5.74) is -0.0226. The predicted octanol–water partition coefficient (Wildman–Crippen LogP) is 4.47. The summed E-state index contributed by atoms with van der Waals surface area (Å²) in [7, 11) is 0. The highest BCUT2D eigenvalue weighted by Crippen LogP contribution is 2.32. The van der Waals surface area contributed by atoms with Crippen molar-refractivity contribution in [2.45, 2.75) is 9.79 Å². The fraction of sp³-hybridized carbons (Fsp3) is 0. The Hall–Kier alpha value is -1.59. The predicted molar refractivity (Wildman–Crippen MR) is 68.9 cm³/mol. The summed E-state index contributed by atoms with van der Waals surface area (Å²) < 4.78 is 26.2. The molecule has 0 saturated carbocycles. The van der Waals surface area contributed by atoms with Crippen LogP contribution in [0.1, 0.15) is 10.4 Å². The molecule has 2 aromatic carbocycles. The number of hydrogen-bond acceptors (Lipinski definition) is 2. The molecule has 0 saturated heterocycles. The first kappa shape index (κ1) is 13.8. The van der Waals surface area contributed by atoms with E-state index in [1.165, 1.54) is 24.3 Å². The number of benzene rings is 2. The molecule has 19 heavy (non-hydrogen) atoms. The number of carboxylic acid groups (broad SMARTS) is 1. The van der Waals surface area contributed by atoms with E-state index >= 15 is 0 Å². The fourth-order valence-electron chi connectivity index (χ4n) is 1.42. The van der Waals surface area contributed by atoms with Gasteiger partial charge in [0.05, 0.1) is 10.6 Å². The van der Waals surface area contributed by atoms with Crippen LogP contribution in [0.15, 0.2) is 46.2 Å². The lowest BCUT2D eigenvalue weighted by Crippen LogP contribution is -1.96. The molecule has 2 rings (SSSR count). The molecular formula is C13H7ClF2O2S. The summed E-state index contributed by atoms with van der Waals surface area (Å²) in [6.45, 7) is 0. The highest BCUT2D eigenvalue weighted by atomic mass is 35.5. The Morgan fingerprint density at radius 2 is 1.89 bits per heavy atom. The van der Waals surface area contributed by atoms with E-state index in [1.54, 1.807) is 0 Å². The van der Waals surface area contributed by atoms with E-state index in [9.17, 15) is 13.6 Å². The Morgan fingerprint density at radius 1 is 1.16 bits per heavy atom. The first-order chi connectivity index (χ1) is 8.97. The van der Waals surface area contributed by atoms with Gasteiger partial charge in [-0.2, -0.15) is 0 Å². The molecule has 0 aliphatic heterocycles. The fourth-order valence-corrected chi connectivity index (χ4v) is 2.60. The largest absolute Gasteiger partial charge is 0.478 e. The number of halogens is 3. The van der Waals surface area contributed by atoms with Gasteiger partial charge in [-0.25, -0.2) is 13.6 Å². The van der Waals surface area contributed by atoms with Crippen LogP contribution >= 0.6 is 23.4 Å². The maximum atomic E-state index is 13.5. The average molecular weight is 301 g/mol. The van der Waals surface area contributed by atoms with Crippen LogP contribution in [0.2, 0.25) is 5.02 Å². The van der Waals surface area contributed by atoms with E-state index in [0.29, 0.717) is 4.90 Å². The Balaban J connectivity index is 2.29. The van der Waals surface area contributed by atoms with Crippen molar-refractivity contribution in [3.8, 4) is 0 Å². The van der Waals surface area contributed by atoms with Gasteiger partial charge in [0.25, 0.3) is 0 Å². The lowest BCUT2D eigenvalue weighted by molar-refractivity contribution is 0.0697. The van der Waals surface area contributed by atoms with Crippen molar-refractivity contribution >= 4 is 29.3 Å². The second-order valence-corrected chi connectivity index (χ2v) is 5.15. The molecule has 0 heterocycles. The maximum absolute atomic E-state index is 13.5. The van der Waals surface area contributed by atoms with Crippen molar-refractivity contribution in [2.75, 3.05) is 0 Å². The molecule has 2 aromatic rings. The smallest absolute Gasteiger partial charge is 0.337 e. The van der Waals surface area contributed by atoms with Gasteiger partial charge in [-0.3, -0.25) is 0 Å². The minimum atomic E-state index is -1.13. The van der Waals surface area contributed by atoms with E-state index in [1.807, 2.05) is 0 Å². The molecule has 1 N–H and O–H groups in total. The van der Waals surface area contributed by atoms with Gasteiger partial charge in [0.1, 0.15) is 11.6 Å². The first-order valence-electron chi connectivity index (χ1n) is 5.13. The van der Waals surface area contributed by atoms with Crippen molar-refractivity contribution in [3.05, 3.63) is 58.6 Å². The van der Waals surface area contributed by atoms with Crippen LogP contribution in [0.3, 0.4) is 0 Å². The molecule has 98 valence electrons. The number of hydrogen-bond donors (Lipinski definition) is 1. The minimum Gasteiger partial charge on any atom is -0.478 e. The Bertz CT molecular complexity index is 647. The third kappa shape index (κ3) is 3.24. The van der Waals surface area contributed by atoms with Crippen molar-refractivity contribution in [2.24, 2.45) is 0 Å². The molecule has 0 spiro atoms. The Labute approximate surface area is 117 Å². The van der Waals surface area contributed by atoms with Crippen molar-refractivity contribution in [1.82, 2.24) is 0 Å². The highest BCUT2D eigenvalue weighted by molar-refractivity contribution is 7.99. The number of aromatic carboxylic acids is 1. The quantitative estimate of drug-likeness (QED) is 0.909. The van der Waals surface area contributed by atoms with Gasteiger partial charge in [-0.05, 0) is 30.3 Å². The van der Waals surface area contributed by atoms with Crippen LogP contribution in [-0.2, 0) is 0 Å². The Morgan fingerprint density at radius 3 is 2.47 bits per heavy atom. The molecule has 0 aliphatic rings. The van der Waals surface area contributed by atoms with Crippen LogP contribution in [-0.4, -0.2) is 11.1 Å². The molecule has 0 bridgehead atoms. The lowest BCUT2D eigenvalue weighted by Gasteiger charge is -2.05. The van der Waals surface area contributed by atoms with Gasteiger partial charge < -0.3 is 5.11 Å². The zero-order chi connectivity index (χ0) is 14.0. The van der Waals surface area contributed by atoms with E-state index in [4.69, 9.17) is 16.7 Å². The highest BCUT2D eigenvalue weighted by Gasteiger charge is 2.11. The third-order valence-electron chi connectivity index (χ3n) is 2.29. The van der Waals surface area contributed by atoms with E-state index in [0.717, 1.165) is 23.9 Å². The van der Waals surface area contributed by atoms with Crippen LogP contribution in [0, 0.1) is 11.6 Å². The Kier molecular flexibility index (Phi) is 4.07. The molecule has 0 aromatic heterocycles. The van der Waals surface area contributed by atoms with Gasteiger partial charge in [-0.15, -0.1) is 0 Å². The summed E-state index contributed by atoms with van der Waals surface area (Å²) in [6.07, 6.45) is 0. The van der Waals surface area contributed by atoms with Crippen molar-refractivity contribution in [3.63, 3.8) is 0 Å². The van der Waals surface area contributed by atoms with Gasteiger partial charge >= 0.3 is 5.97 Å². The monoisotopic (exact) mass is 300 g/mol. The number of carbonyl (C=O) groups is 1. The van der Waals surface area contributed by atoms with Crippen LogP contribution < -0.4 is 0 Å². The second-order valence-electron chi connectivity index (χ2n) is 3.62. The van der Waals surface area contributed by atoms with E-state index < -0.39 is 17.6 Å². The molecule has 0 atom stereocenters. The normalized spacial score (nSPS) is 10.5. The summed E-state index contributed by atoms with van der Waals surface area (Å²) in [5.74, 6) is -2.46. The summed E-state index contributed by atoms with van der Waals surface area (Å²) in [4.78, 5) is 11.6.